The molecule has 1 N–H and O–H groups in total. The summed E-state index contributed by atoms with van der Waals surface area (Å²) in [4.78, 5) is 16.7. The van der Waals surface area contributed by atoms with Gasteiger partial charge >= 0.3 is 0 Å². The van der Waals surface area contributed by atoms with Gasteiger partial charge in [-0.1, -0.05) is 24.3 Å². The Labute approximate surface area is 129 Å². The number of amides is 1. The Kier molecular flexibility index (Phi) is 5.38. The highest BCUT2D eigenvalue weighted by Crippen LogP contribution is 2.27. The van der Waals surface area contributed by atoms with Crippen molar-refractivity contribution in [1.82, 2.24) is 5.48 Å². The van der Waals surface area contributed by atoms with Gasteiger partial charge in [-0.2, -0.15) is 0 Å². The van der Waals surface area contributed by atoms with Gasteiger partial charge in [0.25, 0.3) is 5.91 Å². The van der Waals surface area contributed by atoms with Crippen molar-refractivity contribution in [3.63, 3.8) is 0 Å². The molecule has 0 fully saturated rings. The van der Waals surface area contributed by atoms with Crippen LogP contribution in [0.15, 0.2) is 42.5 Å². The molecule has 116 valence electrons. The van der Waals surface area contributed by atoms with Gasteiger partial charge in [0.05, 0.1) is 21.3 Å². The molecule has 5 heteroatoms. The summed E-state index contributed by atoms with van der Waals surface area (Å²) >= 11 is 0. The number of methoxy groups -OCH3 is 2. The molecule has 0 saturated heterocycles. The third-order valence-corrected chi connectivity index (χ3v) is 3.33. The molecule has 0 saturated carbocycles. The zero-order valence-corrected chi connectivity index (χ0v) is 12.9. The first-order chi connectivity index (χ1) is 10.7. The molecular formula is C17H19NO4. The molecule has 0 radical (unpaired) electrons. The second-order valence-electron chi connectivity index (χ2n) is 4.65. The molecule has 2 rings (SSSR count). The van der Waals surface area contributed by atoms with Crippen molar-refractivity contribution in [2.45, 2.75) is 6.42 Å². The highest BCUT2D eigenvalue weighted by Gasteiger charge is 2.13. The lowest BCUT2D eigenvalue weighted by molar-refractivity contribution is 0.0537. The largest absolute Gasteiger partial charge is 0.497 e. The van der Waals surface area contributed by atoms with E-state index in [4.69, 9.17) is 14.3 Å². The van der Waals surface area contributed by atoms with E-state index < -0.39 is 0 Å². The number of benzene rings is 2. The number of rotatable bonds is 6. The lowest BCUT2D eigenvalue weighted by Gasteiger charge is -2.13. The van der Waals surface area contributed by atoms with Crippen LogP contribution in [0.1, 0.15) is 21.5 Å². The molecule has 0 aliphatic carbocycles. The van der Waals surface area contributed by atoms with Crippen LogP contribution in [-0.4, -0.2) is 27.2 Å². The summed E-state index contributed by atoms with van der Waals surface area (Å²) in [5.74, 6) is 1.18. The van der Waals surface area contributed by atoms with Gasteiger partial charge in [0.1, 0.15) is 11.5 Å². The van der Waals surface area contributed by atoms with Crippen molar-refractivity contribution < 1.29 is 19.1 Å². The molecule has 2 aromatic carbocycles. The van der Waals surface area contributed by atoms with E-state index >= 15 is 0 Å². The van der Waals surface area contributed by atoms with E-state index in [0.717, 1.165) is 22.6 Å². The van der Waals surface area contributed by atoms with Gasteiger partial charge in [-0.15, -0.1) is 0 Å². The molecule has 0 atom stereocenters. The zero-order valence-electron chi connectivity index (χ0n) is 12.9. The van der Waals surface area contributed by atoms with Gasteiger partial charge in [0.15, 0.2) is 0 Å². The molecular weight excluding hydrogens is 282 g/mol. The van der Waals surface area contributed by atoms with Crippen LogP contribution < -0.4 is 15.0 Å². The Morgan fingerprint density at radius 2 is 1.77 bits per heavy atom. The van der Waals surface area contributed by atoms with Crippen LogP contribution in [0, 0.1) is 0 Å². The number of hydrogen-bond acceptors (Lipinski definition) is 4. The molecule has 0 aromatic heterocycles. The smallest absolute Gasteiger partial charge is 0.275 e. The highest BCUT2D eigenvalue weighted by molar-refractivity contribution is 5.95. The number of ether oxygens (including phenoxy) is 2. The Morgan fingerprint density at radius 3 is 2.45 bits per heavy atom. The molecule has 1 amide bonds. The van der Waals surface area contributed by atoms with E-state index in [1.165, 1.54) is 7.11 Å². The molecule has 5 nitrogen and oxygen atoms in total. The van der Waals surface area contributed by atoms with Gasteiger partial charge in [0, 0.05) is 18.1 Å². The Balaban J connectivity index is 2.33. The maximum Gasteiger partial charge on any atom is 0.275 e. The maximum absolute atomic E-state index is 12.0. The summed E-state index contributed by atoms with van der Waals surface area (Å²) in [5.41, 5.74) is 4.78. The van der Waals surface area contributed by atoms with Crippen LogP contribution in [0.25, 0.3) is 0 Å². The van der Waals surface area contributed by atoms with Crippen molar-refractivity contribution in [2.75, 3.05) is 21.3 Å². The van der Waals surface area contributed by atoms with Crippen LogP contribution in [0.2, 0.25) is 0 Å². The van der Waals surface area contributed by atoms with Gasteiger partial charge in [-0.05, 0) is 23.3 Å². The zero-order chi connectivity index (χ0) is 15.9. The predicted octanol–water partition coefficient (Wildman–Crippen LogP) is 2.59. The molecule has 22 heavy (non-hydrogen) atoms. The fourth-order valence-electron chi connectivity index (χ4n) is 2.25. The second-order valence-corrected chi connectivity index (χ2v) is 4.65. The van der Waals surface area contributed by atoms with Gasteiger partial charge in [-0.25, -0.2) is 5.48 Å². The minimum absolute atomic E-state index is 0.273. The summed E-state index contributed by atoms with van der Waals surface area (Å²) in [6.45, 7) is 0. The summed E-state index contributed by atoms with van der Waals surface area (Å²) in [6.07, 6.45) is 0.570. The molecule has 0 unspecified atom stereocenters. The van der Waals surface area contributed by atoms with Crippen molar-refractivity contribution >= 4 is 5.91 Å². The van der Waals surface area contributed by atoms with E-state index in [-0.39, 0.29) is 5.91 Å². The number of nitrogens with one attached hydrogen (secondary N) is 1. The quantitative estimate of drug-likeness (QED) is 0.833. The molecule has 0 heterocycles. The first kappa shape index (κ1) is 15.9. The fourth-order valence-corrected chi connectivity index (χ4v) is 2.25. The molecule has 2 aromatic rings. The maximum atomic E-state index is 12.0. The lowest BCUT2D eigenvalue weighted by atomic mass is 9.98. The fraction of sp³-hybridized carbons (Fsp3) is 0.235. The lowest BCUT2D eigenvalue weighted by Crippen LogP contribution is -2.23. The van der Waals surface area contributed by atoms with Gasteiger partial charge < -0.3 is 9.47 Å². The average molecular weight is 301 g/mol. The standard InChI is InChI=1S/C17H19NO4/c1-20-14-9-8-13(16(11-14)21-2)10-12-6-4-5-7-15(12)17(19)18-22-3/h4-9,11H,10H2,1-3H3,(H,18,19). The Hall–Kier alpha value is -2.53. The van der Waals surface area contributed by atoms with Crippen LogP contribution in [0.4, 0.5) is 0 Å². The van der Waals surface area contributed by atoms with E-state index in [0.29, 0.717) is 12.0 Å². The van der Waals surface area contributed by atoms with Crippen molar-refractivity contribution in [1.29, 1.82) is 0 Å². The minimum atomic E-state index is -0.273. The molecule has 0 spiro atoms. The topological polar surface area (TPSA) is 56.8 Å². The summed E-state index contributed by atoms with van der Waals surface area (Å²) in [7, 11) is 4.63. The number of hydrogen-bond donors (Lipinski definition) is 1. The van der Waals surface area contributed by atoms with Crippen molar-refractivity contribution in [3.05, 3.63) is 59.2 Å². The third-order valence-electron chi connectivity index (χ3n) is 3.33. The summed E-state index contributed by atoms with van der Waals surface area (Å²) in [6, 6.07) is 13.0. The van der Waals surface area contributed by atoms with Crippen LogP contribution in [0.5, 0.6) is 11.5 Å². The monoisotopic (exact) mass is 301 g/mol. The van der Waals surface area contributed by atoms with Crippen molar-refractivity contribution in [2.24, 2.45) is 0 Å². The molecule has 0 aliphatic heterocycles. The number of carbonyl (C=O) groups excluding carboxylic acids is 1. The second kappa shape index (κ2) is 7.47. The number of carbonyl (C=O) groups is 1. The summed E-state index contributed by atoms with van der Waals surface area (Å²) < 4.78 is 10.6. The van der Waals surface area contributed by atoms with E-state index in [9.17, 15) is 4.79 Å². The van der Waals surface area contributed by atoms with Gasteiger partial charge in [0.2, 0.25) is 0 Å². The predicted molar refractivity (Wildman–Crippen MR) is 83.3 cm³/mol. The summed E-state index contributed by atoms with van der Waals surface area (Å²) in [5, 5.41) is 0. The SMILES string of the molecule is CONC(=O)c1ccccc1Cc1ccc(OC)cc1OC. The normalized spacial score (nSPS) is 10.1. The van der Waals surface area contributed by atoms with Crippen LogP contribution >= 0.6 is 0 Å². The van der Waals surface area contributed by atoms with E-state index in [1.54, 1.807) is 20.3 Å². The first-order valence-electron chi connectivity index (χ1n) is 6.81. The minimum Gasteiger partial charge on any atom is -0.497 e. The average Bonchev–Trinajstić information content (AvgIpc) is 2.56. The first-order valence-corrected chi connectivity index (χ1v) is 6.81. The highest BCUT2D eigenvalue weighted by atomic mass is 16.6. The van der Waals surface area contributed by atoms with Crippen LogP contribution in [0.3, 0.4) is 0 Å². The van der Waals surface area contributed by atoms with Crippen molar-refractivity contribution in [3.8, 4) is 11.5 Å². The molecule has 0 aliphatic rings. The van der Waals surface area contributed by atoms with Gasteiger partial charge in [-0.3, -0.25) is 9.63 Å². The van der Waals surface area contributed by atoms with E-state index in [2.05, 4.69) is 5.48 Å². The van der Waals surface area contributed by atoms with E-state index in [1.807, 2.05) is 36.4 Å². The number of hydroxylamine groups is 1. The van der Waals surface area contributed by atoms with Crippen LogP contribution in [-0.2, 0) is 11.3 Å². The Morgan fingerprint density at radius 1 is 1.00 bits per heavy atom. The third kappa shape index (κ3) is 3.56. The Bertz CT molecular complexity index is 655. The molecule has 0 bridgehead atoms.